The van der Waals surface area contributed by atoms with Gasteiger partial charge in [0.15, 0.2) is 0 Å². The maximum absolute atomic E-state index is 12.0. The molecule has 1 aromatic heterocycles. The fourth-order valence-corrected chi connectivity index (χ4v) is 2.08. The summed E-state index contributed by atoms with van der Waals surface area (Å²) >= 11 is 0. The van der Waals surface area contributed by atoms with Gasteiger partial charge in [-0.2, -0.15) is 10.4 Å². The summed E-state index contributed by atoms with van der Waals surface area (Å²) in [6.45, 7) is 0.489. The summed E-state index contributed by atoms with van der Waals surface area (Å²) in [5.74, 6) is -0.881. The molecule has 2 aromatic rings. The fraction of sp³-hybridized carbons (Fsp3) is 0.312. The number of nitrogens with zero attached hydrogens (tertiary/aromatic N) is 3. The summed E-state index contributed by atoms with van der Waals surface area (Å²) in [7, 11) is 1.85. The molecule has 2 rings (SSSR count). The molecule has 0 spiro atoms. The highest BCUT2D eigenvalue weighted by atomic mass is 16.1. The van der Waals surface area contributed by atoms with Crippen LogP contribution in [0.15, 0.2) is 42.6 Å². The summed E-state index contributed by atoms with van der Waals surface area (Å²) in [6, 6.07) is 13.6. The van der Waals surface area contributed by atoms with Gasteiger partial charge in [-0.05, 0) is 18.1 Å². The molecule has 1 heterocycles. The van der Waals surface area contributed by atoms with Crippen LogP contribution < -0.4 is 5.32 Å². The number of nitriles is 1. The fourth-order valence-electron chi connectivity index (χ4n) is 2.08. The molecule has 0 saturated heterocycles. The van der Waals surface area contributed by atoms with Gasteiger partial charge in [-0.15, -0.1) is 0 Å². The van der Waals surface area contributed by atoms with Crippen molar-refractivity contribution in [3.05, 3.63) is 53.9 Å². The predicted octanol–water partition coefficient (Wildman–Crippen LogP) is 1.46. The highest BCUT2D eigenvalue weighted by Crippen LogP contribution is 2.08. The lowest BCUT2D eigenvalue weighted by Gasteiger charge is -2.09. The van der Waals surface area contributed by atoms with E-state index in [1.54, 1.807) is 4.68 Å². The second-order valence-electron chi connectivity index (χ2n) is 4.89. The average molecular weight is 282 g/mol. The van der Waals surface area contributed by atoms with Crippen molar-refractivity contribution in [2.45, 2.75) is 12.8 Å². The molecule has 0 bridgehead atoms. The van der Waals surface area contributed by atoms with Crippen LogP contribution in [0.4, 0.5) is 0 Å². The van der Waals surface area contributed by atoms with Gasteiger partial charge in [0.2, 0.25) is 5.91 Å². The zero-order valence-electron chi connectivity index (χ0n) is 12.0. The SMILES string of the molecule is Cn1ccc(CCNC(=O)C(C#N)Cc2ccccc2)n1. The van der Waals surface area contributed by atoms with Gasteiger partial charge >= 0.3 is 0 Å². The Morgan fingerprint density at radius 2 is 2.14 bits per heavy atom. The van der Waals surface area contributed by atoms with E-state index < -0.39 is 5.92 Å². The van der Waals surface area contributed by atoms with E-state index in [2.05, 4.69) is 16.5 Å². The molecule has 5 nitrogen and oxygen atoms in total. The van der Waals surface area contributed by atoms with Crippen molar-refractivity contribution in [2.75, 3.05) is 6.54 Å². The molecule has 0 saturated carbocycles. The van der Waals surface area contributed by atoms with E-state index in [9.17, 15) is 4.79 Å². The van der Waals surface area contributed by atoms with Crippen LogP contribution in [-0.2, 0) is 24.7 Å². The highest BCUT2D eigenvalue weighted by molar-refractivity contribution is 5.81. The third kappa shape index (κ3) is 4.46. The molecule has 0 radical (unpaired) electrons. The van der Waals surface area contributed by atoms with Crippen LogP contribution in [0.2, 0.25) is 0 Å². The standard InChI is InChI=1S/C16H18N4O/c1-20-10-8-15(19-20)7-9-18-16(21)14(12-17)11-13-5-3-2-4-6-13/h2-6,8,10,14H,7,9,11H2,1H3,(H,18,21). The first-order chi connectivity index (χ1) is 10.2. The monoisotopic (exact) mass is 282 g/mol. The topological polar surface area (TPSA) is 70.7 Å². The summed E-state index contributed by atoms with van der Waals surface area (Å²) in [4.78, 5) is 12.0. The quantitative estimate of drug-likeness (QED) is 0.872. The van der Waals surface area contributed by atoms with E-state index in [1.165, 1.54) is 0 Å². The number of hydrogen-bond acceptors (Lipinski definition) is 3. The maximum atomic E-state index is 12.0. The molecule has 1 unspecified atom stereocenters. The van der Waals surface area contributed by atoms with Gasteiger partial charge in [0.05, 0.1) is 11.8 Å². The highest BCUT2D eigenvalue weighted by Gasteiger charge is 2.17. The third-order valence-electron chi connectivity index (χ3n) is 3.20. The molecule has 0 aliphatic carbocycles. The molecular weight excluding hydrogens is 264 g/mol. The number of aryl methyl sites for hydroxylation is 1. The van der Waals surface area contributed by atoms with E-state index >= 15 is 0 Å². The molecule has 1 N–H and O–H groups in total. The number of benzene rings is 1. The van der Waals surface area contributed by atoms with Crippen molar-refractivity contribution in [1.82, 2.24) is 15.1 Å². The Kier molecular flexibility index (Phi) is 5.10. The summed E-state index contributed by atoms with van der Waals surface area (Å²) in [5, 5.41) is 16.2. The van der Waals surface area contributed by atoms with Crippen LogP contribution in [0.5, 0.6) is 0 Å². The minimum absolute atomic E-state index is 0.225. The van der Waals surface area contributed by atoms with Crippen molar-refractivity contribution in [3.8, 4) is 6.07 Å². The summed E-state index contributed by atoms with van der Waals surface area (Å²) < 4.78 is 1.73. The molecule has 5 heteroatoms. The van der Waals surface area contributed by atoms with Crippen LogP contribution in [0.1, 0.15) is 11.3 Å². The van der Waals surface area contributed by atoms with Crippen molar-refractivity contribution < 1.29 is 4.79 Å². The Balaban J connectivity index is 1.82. The second kappa shape index (κ2) is 7.25. The third-order valence-corrected chi connectivity index (χ3v) is 3.20. The zero-order valence-corrected chi connectivity index (χ0v) is 12.0. The molecule has 0 fully saturated rings. The lowest BCUT2D eigenvalue weighted by atomic mass is 10.00. The van der Waals surface area contributed by atoms with Crippen LogP contribution in [0.3, 0.4) is 0 Å². The molecule has 108 valence electrons. The molecule has 1 atom stereocenters. The first-order valence-electron chi connectivity index (χ1n) is 6.89. The first-order valence-corrected chi connectivity index (χ1v) is 6.89. The molecule has 1 amide bonds. The minimum Gasteiger partial charge on any atom is -0.355 e. The van der Waals surface area contributed by atoms with E-state index in [4.69, 9.17) is 5.26 Å². The number of nitrogens with one attached hydrogen (secondary N) is 1. The van der Waals surface area contributed by atoms with Gasteiger partial charge in [-0.25, -0.2) is 0 Å². The van der Waals surface area contributed by atoms with Crippen LogP contribution >= 0.6 is 0 Å². The zero-order chi connectivity index (χ0) is 15.1. The number of aromatic nitrogens is 2. The number of amides is 1. The minimum atomic E-state index is -0.656. The summed E-state index contributed by atoms with van der Waals surface area (Å²) in [5.41, 5.74) is 1.92. The smallest absolute Gasteiger partial charge is 0.237 e. The lowest BCUT2D eigenvalue weighted by molar-refractivity contribution is -0.123. The Bertz CT molecular complexity index is 627. The van der Waals surface area contributed by atoms with Gasteiger partial charge in [-0.3, -0.25) is 9.48 Å². The number of carbonyl (C=O) groups is 1. The van der Waals surface area contributed by atoms with E-state index in [0.717, 1.165) is 11.3 Å². The van der Waals surface area contributed by atoms with Crippen molar-refractivity contribution >= 4 is 5.91 Å². The number of hydrogen-bond donors (Lipinski definition) is 1. The normalized spacial score (nSPS) is 11.6. The van der Waals surface area contributed by atoms with Gasteiger partial charge in [0.1, 0.15) is 5.92 Å². The van der Waals surface area contributed by atoms with Crippen molar-refractivity contribution in [1.29, 1.82) is 5.26 Å². The van der Waals surface area contributed by atoms with E-state index in [1.807, 2.05) is 49.6 Å². The van der Waals surface area contributed by atoms with Gasteiger partial charge in [0.25, 0.3) is 0 Å². The van der Waals surface area contributed by atoms with Gasteiger partial charge < -0.3 is 5.32 Å². The molecule has 21 heavy (non-hydrogen) atoms. The van der Waals surface area contributed by atoms with E-state index in [-0.39, 0.29) is 5.91 Å². The second-order valence-corrected chi connectivity index (χ2v) is 4.89. The van der Waals surface area contributed by atoms with Crippen molar-refractivity contribution in [2.24, 2.45) is 13.0 Å². The Morgan fingerprint density at radius 3 is 2.76 bits per heavy atom. The Morgan fingerprint density at radius 1 is 1.38 bits per heavy atom. The van der Waals surface area contributed by atoms with Crippen molar-refractivity contribution in [3.63, 3.8) is 0 Å². The van der Waals surface area contributed by atoms with Gasteiger partial charge in [-0.1, -0.05) is 30.3 Å². The lowest BCUT2D eigenvalue weighted by Crippen LogP contribution is -2.32. The molecule has 1 aromatic carbocycles. The Labute approximate surface area is 124 Å². The Hall–Kier alpha value is -2.61. The van der Waals surface area contributed by atoms with Crippen LogP contribution in [0, 0.1) is 17.2 Å². The first kappa shape index (κ1) is 14.8. The average Bonchev–Trinajstić information content (AvgIpc) is 2.91. The van der Waals surface area contributed by atoms with Gasteiger partial charge in [0, 0.05) is 26.2 Å². The molecular formula is C16H18N4O. The molecule has 0 aliphatic rings. The number of carbonyl (C=O) groups excluding carboxylic acids is 1. The number of rotatable bonds is 6. The summed E-state index contributed by atoms with van der Waals surface area (Å²) in [6.07, 6.45) is 2.97. The van der Waals surface area contributed by atoms with Crippen LogP contribution in [0.25, 0.3) is 0 Å². The van der Waals surface area contributed by atoms with E-state index in [0.29, 0.717) is 19.4 Å². The predicted molar refractivity (Wildman–Crippen MR) is 79.2 cm³/mol. The molecule has 0 aliphatic heterocycles. The van der Waals surface area contributed by atoms with Crippen LogP contribution in [-0.4, -0.2) is 22.2 Å². The largest absolute Gasteiger partial charge is 0.355 e. The maximum Gasteiger partial charge on any atom is 0.237 e.